The Morgan fingerprint density at radius 3 is 2.67 bits per heavy atom. The Balaban J connectivity index is 1.92. The smallest absolute Gasteiger partial charge is 0.275 e. The van der Waals surface area contributed by atoms with Gasteiger partial charge in [-0.05, 0) is 36.7 Å². The van der Waals surface area contributed by atoms with Crippen LogP contribution in [0.2, 0.25) is 5.02 Å². The maximum atomic E-state index is 13.4. The highest BCUT2D eigenvalue weighted by atomic mass is 35.5. The SMILES string of the molecule is O=[N+]([O-])c1cc(Cl)ccc1CNCCc1ccccc1F. The van der Waals surface area contributed by atoms with Gasteiger partial charge in [-0.2, -0.15) is 0 Å². The van der Waals surface area contributed by atoms with E-state index in [4.69, 9.17) is 11.6 Å². The van der Waals surface area contributed by atoms with Crippen molar-refractivity contribution in [2.24, 2.45) is 0 Å². The summed E-state index contributed by atoms with van der Waals surface area (Å²) < 4.78 is 13.4. The number of hydrogen-bond donors (Lipinski definition) is 1. The van der Waals surface area contributed by atoms with Crippen molar-refractivity contribution in [2.45, 2.75) is 13.0 Å². The molecule has 0 atom stereocenters. The molecule has 6 heteroatoms. The monoisotopic (exact) mass is 308 g/mol. The van der Waals surface area contributed by atoms with Crippen molar-refractivity contribution >= 4 is 17.3 Å². The van der Waals surface area contributed by atoms with Gasteiger partial charge in [-0.3, -0.25) is 10.1 Å². The summed E-state index contributed by atoms with van der Waals surface area (Å²) in [6.45, 7) is 0.864. The summed E-state index contributed by atoms with van der Waals surface area (Å²) in [6.07, 6.45) is 0.522. The number of nitrogens with zero attached hydrogens (tertiary/aromatic N) is 1. The summed E-state index contributed by atoms with van der Waals surface area (Å²) in [7, 11) is 0. The molecule has 0 aliphatic rings. The Morgan fingerprint density at radius 1 is 1.19 bits per heavy atom. The topological polar surface area (TPSA) is 55.2 Å². The zero-order chi connectivity index (χ0) is 15.2. The lowest BCUT2D eigenvalue weighted by molar-refractivity contribution is -0.385. The number of nitro benzene ring substituents is 1. The maximum Gasteiger partial charge on any atom is 0.275 e. The molecule has 1 N–H and O–H groups in total. The Bertz CT molecular complexity index is 649. The molecule has 2 rings (SSSR count). The molecule has 0 unspecified atom stereocenters. The van der Waals surface area contributed by atoms with Gasteiger partial charge in [-0.25, -0.2) is 4.39 Å². The van der Waals surface area contributed by atoms with Crippen molar-refractivity contribution in [3.8, 4) is 0 Å². The van der Waals surface area contributed by atoms with Crippen molar-refractivity contribution in [1.82, 2.24) is 5.32 Å². The van der Waals surface area contributed by atoms with Crippen molar-refractivity contribution < 1.29 is 9.31 Å². The fourth-order valence-electron chi connectivity index (χ4n) is 2.00. The van der Waals surface area contributed by atoms with Gasteiger partial charge in [0.1, 0.15) is 5.82 Å². The Hall–Kier alpha value is -1.98. The summed E-state index contributed by atoms with van der Waals surface area (Å²) in [4.78, 5) is 10.5. The van der Waals surface area contributed by atoms with Gasteiger partial charge >= 0.3 is 0 Å². The lowest BCUT2D eigenvalue weighted by Crippen LogP contribution is -2.17. The van der Waals surface area contributed by atoms with Crippen LogP contribution in [0, 0.1) is 15.9 Å². The number of halogens is 2. The van der Waals surface area contributed by atoms with Crippen LogP contribution in [0.5, 0.6) is 0 Å². The molecule has 0 aromatic heterocycles. The molecule has 4 nitrogen and oxygen atoms in total. The fourth-order valence-corrected chi connectivity index (χ4v) is 2.17. The maximum absolute atomic E-state index is 13.4. The van der Waals surface area contributed by atoms with Crippen LogP contribution >= 0.6 is 11.6 Å². The molecule has 0 heterocycles. The van der Waals surface area contributed by atoms with E-state index < -0.39 is 4.92 Å². The van der Waals surface area contributed by atoms with Crippen LogP contribution in [0.4, 0.5) is 10.1 Å². The minimum absolute atomic E-state index is 0.0131. The molecule has 0 aliphatic heterocycles. The minimum atomic E-state index is -0.459. The molecule has 0 saturated carbocycles. The first-order chi connectivity index (χ1) is 10.1. The van der Waals surface area contributed by atoms with Gasteiger partial charge in [0.05, 0.1) is 4.92 Å². The zero-order valence-corrected chi connectivity index (χ0v) is 11.9. The van der Waals surface area contributed by atoms with E-state index in [2.05, 4.69) is 5.32 Å². The van der Waals surface area contributed by atoms with Crippen molar-refractivity contribution in [3.63, 3.8) is 0 Å². The molecule has 0 bridgehead atoms. The lowest BCUT2D eigenvalue weighted by Gasteiger charge is -2.07. The summed E-state index contributed by atoms with van der Waals surface area (Å²) in [5.41, 5.74) is 1.16. The summed E-state index contributed by atoms with van der Waals surface area (Å²) in [5, 5.41) is 14.4. The molecule has 0 saturated heterocycles. The van der Waals surface area contributed by atoms with Crippen molar-refractivity contribution in [2.75, 3.05) is 6.54 Å². The van der Waals surface area contributed by atoms with E-state index in [1.165, 1.54) is 12.1 Å². The number of hydrogen-bond acceptors (Lipinski definition) is 3. The van der Waals surface area contributed by atoms with E-state index in [-0.39, 0.29) is 11.5 Å². The van der Waals surface area contributed by atoms with Gasteiger partial charge in [0.2, 0.25) is 0 Å². The Morgan fingerprint density at radius 2 is 1.95 bits per heavy atom. The molecular weight excluding hydrogens is 295 g/mol. The number of benzene rings is 2. The average molecular weight is 309 g/mol. The van der Waals surface area contributed by atoms with Crippen LogP contribution in [0.1, 0.15) is 11.1 Å². The van der Waals surface area contributed by atoms with Gasteiger partial charge in [0.15, 0.2) is 0 Å². The van der Waals surface area contributed by atoms with Gasteiger partial charge in [0.25, 0.3) is 5.69 Å². The highest BCUT2D eigenvalue weighted by Crippen LogP contribution is 2.22. The van der Waals surface area contributed by atoms with Crippen LogP contribution in [-0.2, 0) is 13.0 Å². The highest BCUT2D eigenvalue weighted by molar-refractivity contribution is 6.30. The van der Waals surface area contributed by atoms with E-state index in [0.29, 0.717) is 35.7 Å². The predicted molar refractivity (Wildman–Crippen MR) is 79.9 cm³/mol. The summed E-state index contributed by atoms with van der Waals surface area (Å²) in [6, 6.07) is 11.1. The van der Waals surface area contributed by atoms with E-state index in [1.54, 1.807) is 30.3 Å². The first kappa shape index (κ1) is 15.4. The predicted octanol–water partition coefficient (Wildman–Crippen LogP) is 3.72. The molecular formula is C15H14ClFN2O2. The molecule has 0 amide bonds. The molecule has 2 aromatic rings. The molecule has 110 valence electrons. The van der Waals surface area contributed by atoms with Crippen molar-refractivity contribution in [3.05, 3.63) is 74.5 Å². The summed E-state index contributed by atoms with van der Waals surface area (Å²) >= 11 is 5.75. The quantitative estimate of drug-likeness (QED) is 0.503. The fraction of sp³-hybridized carbons (Fsp3) is 0.200. The van der Waals surface area contributed by atoms with Crippen LogP contribution < -0.4 is 5.32 Å². The van der Waals surface area contributed by atoms with E-state index in [9.17, 15) is 14.5 Å². The average Bonchev–Trinajstić information content (AvgIpc) is 2.46. The number of nitro groups is 1. The first-order valence-electron chi connectivity index (χ1n) is 6.45. The van der Waals surface area contributed by atoms with Crippen LogP contribution in [-0.4, -0.2) is 11.5 Å². The number of nitrogens with one attached hydrogen (secondary N) is 1. The second-order valence-corrected chi connectivity index (χ2v) is 4.98. The third-order valence-electron chi connectivity index (χ3n) is 3.09. The molecule has 2 aromatic carbocycles. The van der Waals surface area contributed by atoms with Gasteiger partial charge in [0, 0.05) is 23.2 Å². The molecule has 21 heavy (non-hydrogen) atoms. The molecule has 0 spiro atoms. The van der Waals surface area contributed by atoms with E-state index in [0.717, 1.165) is 0 Å². The van der Waals surface area contributed by atoms with Gasteiger partial charge < -0.3 is 5.32 Å². The minimum Gasteiger partial charge on any atom is -0.312 e. The Kier molecular flexibility index (Phi) is 5.25. The third kappa shape index (κ3) is 4.24. The van der Waals surface area contributed by atoms with Gasteiger partial charge in [-0.15, -0.1) is 0 Å². The third-order valence-corrected chi connectivity index (χ3v) is 3.32. The second-order valence-electron chi connectivity index (χ2n) is 4.55. The van der Waals surface area contributed by atoms with E-state index >= 15 is 0 Å². The normalized spacial score (nSPS) is 10.6. The highest BCUT2D eigenvalue weighted by Gasteiger charge is 2.13. The molecule has 0 radical (unpaired) electrons. The summed E-state index contributed by atoms with van der Waals surface area (Å²) in [5.74, 6) is -0.239. The molecule has 0 aliphatic carbocycles. The zero-order valence-electron chi connectivity index (χ0n) is 11.2. The number of rotatable bonds is 6. The lowest BCUT2D eigenvalue weighted by atomic mass is 10.1. The van der Waals surface area contributed by atoms with Crippen molar-refractivity contribution in [1.29, 1.82) is 0 Å². The van der Waals surface area contributed by atoms with Crippen LogP contribution in [0.3, 0.4) is 0 Å². The largest absolute Gasteiger partial charge is 0.312 e. The van der Waals surface area contributed by atoms with Crippen LogP contribution in [0.15, 0.2) is 42.5 Å². The molecule has 0 fully saturated rings. The standard InChI is InChI=1S/C15H14ClFN2O2/c16-13-6-5-12(15(9-13)19(20)21)10-18-8-7-11-3-1-2-4-14(11)17/h1-6,9,18H,7-8,10H2. The van der Waals surface area contributed by atoms with E-state index in [1.807, 2.05) is 0 Å². The van der Waals surface area contributed by atoms with Crippen LogP contribution in [0.25, 0.3) is 0 Å². The second kappa shape index (κ2) is 7.15. The first-order valence-corrected chi connectivity index (χ1v) is 6.82. The van der Waals surface area contributed by atoms with Gasteiger partial charge in [-0.1, -0.05) is 29.8 Å². The Labute approximate surface area is 126 Å².